The van der Waals surface area contributed by atoms with Gasteiger partial charge in [0.2, 0.25) is 0 Å². The molecule has 0 bridgehead atoms. The predicted molar refractivity (Wildman–Crippen MR) is 64.8 cm³/mol. The Morgan fingerprint density at radius 1 is 1.33 bits per heavy atom. The molecule has 1 rings (SSSR count). The molecule has 0 aromatic rings. The lowest BCUT2D eigenvalue weighted by Crippen LogP contribution is -2.36. The minimum absolute atomic E-state index is 0.420. The summed E-state index contributed by atoms with van der Waals surface area (Å²) >= 11 is 0. The summed E-state index contributed by atoms with van der Waals surface area (Å²) in [6.07, 6.45) is 4.96. The zero-order valence-corrected chi connectivity index (χ0v) is 10.5. The van der Waals surface area contributed by atoms with Crippen LogP contribution < -0.4 is 5.73 Å². The van der Waals surface area contributed by atoms with Crippen LogP contribution in [0.15, 0.2) is 0 Å². The lowest BCUT2D eigenvalue weighted by Gasteiger charge is -2.32. The third-order valence-corrected chi connectivity index (χ3v) is 3.39. The first-order valence-electron chi connectivity index (χ1n) is 6.43. The van der Waals surface area contributed by atoms with E-state index in [9.17, 15) is 0 Å². The Balaban J connectivity index is 2.13. The predicted octanol–water partition coefficient (Wildman–Crippen LogP) is 2.81. The highest BCUT2D eigenvalue weighted by atomic mass is 16.5. The van der Waals surface area contributed by atoms with Gasteiger partial charge >= 0.3 is 0 Å². The molecule has 0 aromatic heterocycles. The fourth-order valence-corrected chi connectivity index (χ4v) is 2.41. The van der Waals surface area contributed by atoms with E-state index in [1.54, 1.807) is 0 Å². The van der Waals surface area contributed by atoms with Crippen LogP contribution in [0.2, 0.25) is 0 Å². The van der Waals surface area contributed by atoms with Crippen LogP contribution in [0.25, 0.3) is 0 Å². The Morgan fingerprint density at radius 3 is 2.73 bits per heavy atom. The smallest absolute Gasteiger partial charge is 0.0488 e. The van der Waals surface area contributed by atoms with Gasteiger partial charge in [0.1, 0.15) is 0 Å². The summed E-state index contributed by atoms with van der Waals surface area (Å²) in [5, 5.41) is 0. The summed E-state index contributed by atoms with van der Waals surface area (Å²) in [5.41, 5.74) is 6.13. The fourth-order valence-electron chi connectivity index (χ4n) is 2.41. The molecule has 0 spiro atoms. The molecule has 3 atom stereocenters. The second kappa shape index (κ2) is 6.49. The third-order valence-electron chi connectivity index (χ3n) is 3.39. The summed E-state index contributed by atoms with van der Waals surface area (Å²) in [6.45, 7) is 8.50. The van der Waals surface area contributed by atoms with Crippen LogP contribution in [-0.4, -0.2) is 19.3 Å². The summed E-state index contributed by atoms with van der Waals surface area (Å²) in [4.78, 5) is 0. The van der Waals surface area contributed by atoms with Crippen LogP contribution in [0.1, 0.15) is 46.5 Å². The van der Waals surface area contributed by atoms with Crippen molar-refractivity contribution < 1.29 is 4.74 Å². The van der Waals surface area contributed by atoms with Crippen molar-refractivity contribution in [1.82, 2.24) is 0 Å². The van der Waals surface area contributed by atoms with Crippen molar-refractivity contribution in [2.45, 2.75) is 52.5 Å². The molecule has 0 amide bonds. The van der Waals surface area contributed by atoms with Crippen LogP contribution in [0.4, 0.5) is 0 Å². The molecular formula is C13H27NO. The highest BCUT2D eigenvalue weighted by Crippen LogP contribution is 2.29. The third kappa shape index (κ3) is 4.98. The van der Waals surface area contributed by atoms with Gasteiger partial charge in [-0.1, -0.05) is 20.8 Å². The number of nitrogens with two attached hydrogens (primary N) is 1. The standard InChI is InChI=1S/C13H27NO/c1-10(2)9-15-7-6-12-8-11(3)4-5-13(12)14/h10-13H,4-9,14H2,1-3H3. The molecule has 15 heavy (non-hydrogen) atoms. The molecule has 0 saturated heterocycles. The minimum atomic E-state index is 0.420. The highest BCUT2D eigenvalue weighted by Gasteiger charge is 2.25. The Morgan fingerprint density at radius 2 is 2.07 bits per heavy atom. The molecule has 0 heterocycles. The van der Waals surface area contributed by atoms with Crippen LogP contribution in [0, 0.1) is 17.8 Å². The van der Waals surface area contributed by atoms with Crippen molar-refractivity contribution in [2.24, 2.45) is 23.5 Å². The molecule has 2 nitrogen and oxygen atoms in total. The molecule has 1 aliphatic rings. The van der Waals surface area contributed by atoms with Crippen molar-refractivity contribution in [3.63, 3.8) is 0 Å². The lowest BCUT2D eigenvalue weighted by atomic mass is 9.78. The van der Waals surface area contributed by atoms with Crippen LogP contribution in [-0.2, 0) is 4.74 Å². The maximum absolute atomic E-state index is 6.13. The van der Waals surface area contributed by atoms with Crippen molar-refractivity contribution in [2.75, 3.05) is 13.2 Å². The van der Waals surface area contributed by atoms with Crippen LogP contribution in [0.5, 0.6) is 0 Å². The van der Waals surface area contributed by atoms with Gasteiger partial charge in [-0.15, -0.1) is 0 Å². The Labute approximate surface area is 94.6 Å². The lowest BCUT2D eigenvalue weighted by molar-refractivity contribution is 0.0855. The summed E-state index contributed by atoms with van der Waals surface area (Å²) in [7, 11) is 0. The quantitative estimate of drug-likeness (QED) is 0.713. The first-order valence-corrected chi connectivity index (χ1v) is 6.43. The van der Waals surface area contributed by atoms with Gasteiger partial charge in [0, 0.05) is 19.3 Å². The van der Waals surface area contributed by atoms with Gasteiger partial charge in [-0.05, 0) is 43.4 Å². The highest BCUT2D eigenvalue weighted by molar-refractivity contribution is 4.80. The van der Waals surface area contributed by atoms with E-state index in [0.29, 0.717) is 17.9 Å². The summed E-state index contributed by atoms with van der Waals surface area (Å²) in [5.74, 6) is 2.20. The number of hydrogen-bond acceptors (Lipinski definition) is 2. The Kier molecular flexibility index (Phi) is 5.62. The molecule has 0 radical (unpaired) electrons. The van der Waals surface area contributed by atoms with E-state index >= 15 is 0 Å². The topological polar surface area (TPSA) is 35.2 Å². The van der Waals surface area contributed by atoms with Gasteiger partial charge in [0.25, 0.3) is 0 Å². The maximum atomic E-state index is 6.13. The number of ether oxygens (including phenoxy) is 1. The average molecular weight is 213 g/mol. The minimum Gasteiger partial charge on any atom is -0.381 e. The fraction of sp³-hybridized carbons (Fsp3) is 1.00. The van der Waals surface area contributed by atoms with E-state index in [1.807, 2.05) is 0 Å². The first-order chi connectivity index (χ1) is 7.09. The molecule has 1 saturated carbocycles. The van der Waals surface area contributed by atoms with Crippen molar-refractivity contribution in [3.05, 3.63) is 0 Å². The molecule has 90 valence electrons. The van der Waals surface area contributed by atoms with Crippen molar-refractivity contribution in [1.29, 1.82) is 0 Å². The Hall–Kier alpha value is -0.0800. The van der Waals surface area contributed by atoms with E-state index in [1.165, 1.54) is 19.3 Å². The van der Waals surface area contributed by atoms with Crippen LogP contribution in [0.3, 0.4) is 0 Å². The molecule has 2 heteroatoms. The van der Waals surface area contributed by atoms with Gasteiger partial charge in [0.15, 0.2) is 0 Å². The van der Waals surface area contributed by atoms with Crippen LogP contribution >= 0.6 is 0 Å². The van der Waals surface area contributed by atoms with E-state index in [4.69, 9.17) is 10.5 Å². The molecule has 2 N–H and O–H groups in total. The first kappa shape index (κ1) is 13.0. The molecule has 0 aliphatic heterocycles. The zero-order chi connectivity index (χ0) is 11.3. The van der Waals surface area contributed by atoms with Gasteiger partial charge < -0.3 is 10.5 Å². The van der Waals surface area contributed by atoms with Gasteiger partial charge in [-0.3, -0.25) is 0 Å². The van der Waals surface area contributed by atoms with Gasteiger partial charge in [-0.2, -0.15) is 0 Å². The van der Waals surface area contributed by atoms with Crippen molar-refractivity contribution >= 4 is 0 Å². The van der Waals surface area contributed by atoms with Gasteiger partial charge in [-0.25, -0.2) is 0 Å². The SMILES string of the molecule is CC(C)COCCC1CC(C)CCC1N. The molecule has 0 aromatic carbocycles. The number of hydrogen-bond donors (Lipinski definition) is 1. The largest absolute Gasteiger partial charge is 0.381 e. The van der Waals surface area contributed by atoms with Gasteiger partial charge in [0.05, 0.1) is 0 Å². The zero-order valence-electron chi connectivity index (χ0n) is 10.5. The summed E-state index contributed by atoms with van der Waals surface area (Å²) in [6, 6.07) is 0.420. The normalized spacial score (nSPS) is 32.2. The molecule has 1 fully saturated rings. The molecule has 1 aliphatic carbocycles. The second-order valence-electron chi connectivity index (χ2n) is 5.60. The molecule has 3 unspecified atom stereocenters. The average Bonchev–Trinajstić information content (AvgIpc) is 2.17. The maximum Gasteiger partial charge on any atom is 0.0488 e. The Bertz CT molecular complexity index is 170. The van der Waals surface area contributed by atoms with Crippen molar-refractivity contribution in [3.8, 4) is 0 Å². The summed E-state index contributed by atoms with van der Waals surface area (Å²) < 4.78 is 5.63. The van der Waals surface area contributed by atoms with E-state index in [-0.39, 0.29) is 0 Å². The van der Waals surface area contributed by atoms with E-state index < -0.39 is 0 Å². The van der Waals surface area contributed by atoms with E-state index in [2.05, 4.69) is 20.8 Å². The monoisotopic (exact) mass is 213 g/mol. The second-order valence-corrected chi connectivity index (χ2v) is 5.60. The molecular weight excluding hydrogens is 186 g/mol. The van der Waals surface area contributed by atoms with E-state index in [0.717, 1.165) is 25.6 Å². The number of rotatable bonds is 5.